The molecule has 8 heteroatoms. The average Bonchev–Trinajstić information content (AvgIpc) is 2.64. The molecule has 2 rings (SSSR count). The van der Waals surface area contributed by atoms with Crippen molar-refractivity contribution in [3.8, 4) is 17.6 Å². The number of benzene rings is 2. The molecule has 0 bridgehead atoms. The Balaban J connectivity index is 2.32. The van der Waals surface area contributed by atoms with Gasteiger partial charge in [0, 0.05) is 5.69 Å². The van der Waals surface area contributed by atoms with Gasteiger partial charge in [0.25, 0.3) is 5.91 Å². The fourth-order valence-electron chi connectivity index (χ4n) is 2.26. The van der Waals surface area contributed by atoms with E-state index in [-0.39, 0.29) is 11.7 Å². The summed E-state index contributed by atoms with van der Waals surface area (Å²) in [5.41, 5.74) is 0.943. The van der Waals surface area contributed by atoms with Crippen molar-refractivity contribution in [1.82, 2.24) is 0 Å². The lowest BCUT2D eigenvalue weighted by molar-refractivity contribution is -0.112. The lowest BCUT2D eigenvalue weighted by Crippen LogP contribution is -2.13. The molecule has 1 N–H and O–H groups in total. The van der Waals surface area contributed by atoms with Gasteiger partial charge in [0.15, 0.2) is 11.5 Å². The SMILES string of the molecule is COc1cc(/C=C(\C#N)C(=O)Nc2ccc(Cl)c(Cl)c2)cc(Br)c1OC(C)C. The van der Waals surface area contributed by atoms with Crippen molar-refractivity contribution in [2.45, 2.75) is 20.0 Å². The molecule has 0 atom stereocenters. The number of carbonyl (C=O) groups is 1. The van der Waals surface area contributed by atoms with Crippen LogP contribution in [0.5, 0.6) is 11.5 Å². The molecule has 0 fully saturated rings. The first kappa shape index (κ1) is 22.1. The number of anilines is 1. The summed E-state index contributed by atoms with van der Waals surface area (Å²) in [6.45, 7) is 3.81. The molecule has 2 aromatic carbocycles. The summed E-state index contributed by atoms with van der Waals surface area (Å²) in [5, 5.41) is 12.7. The second-order valence-corrected chi connectivity index (χ2v) is 7.62. The van der Waals surface area contributed by atoms with Crippen LogP contribution in [0, 0.1) is 11.3 Å². The Bertz CT molecular complexity index is 969. The first-order valence-electron chi connectivity index (χ1n) is 8.17. The molecule has 28 heavy (non-hydrogen) atoms. The fourth-order valence-corrected chi connectivity index (χ4v) is 3.11. The van der Waals surface area contributed by atoms with Crippen LogP contribution < -0.4 is 14.8 Å². The third-order valence-corrected chi connectivity index (χ3v) is 4.79. The Labute approximate surface area is 182 Å². The van der Waals surface area contributed by atoms with Crippen LogP contribution in [0.1, 0.15) is 19.4 Å². The molecule has 0 heterocycles. The highest BCUT2D eigenvalue weighted by Gasteiger charge is 2.15. The zero-order valence-corrected chi connectivity index (χ0v) is 18.4. The minimum absolute atomic E-state index is 0.0433. The predicted molar refractivity (Wildman–Crippen MR) is 115 cm³/mol. The Morgan fingerprint density at radius 3 is 2.54 bits per heavy atom. The lowest BCUT2D eigenvalue weighted by atomic mass is 10.1. The number of nitriles is 1. The molecule has 2 aromatic rings. The Morgan fingerprint density at radius 2 is 1.96 bits per heavy atom. The molecule has 0 aliphatic rings. The molecule has 0 saturated heterocycles. The maximum absolute atomic E-state index is 12.5. The van der Waals surface area contributed by atoms with E-state index in [4.69, 9.17) is 32.7 Å². The van der Waals surface area contributed by atoms with E-state index >= 15 is 0 Å². The van der Waals surface area contributed by atoms with Gasteiger partial charge in [-0.25, -0.2) is 0 Å². The van der Waals surface area contributed by atoms with Crippen LogP contribution in [-0.2, 0) is 4.79 Å². The molecule has 0 aliphatic carbocycles. The second-order valence-electron chi connectivity index (χ2n) is 5.95. The van der Waals surface area contributed by atoms with E-state index in [0.717, 1.165) is 0 Å². The van der Waals surface area contributed by atoms with Crippen molar-refractivity contribution in [2.75, 3.05) is 12.4 Å². The number of carbonyl (C=O) groups excluding carboxylic acids is 1. The van der Waals surface area contributed by atoms with Crippen LogP contribution in [-0.4, -0.2) is 19.1 Å². The zero-order chi connectivity index (χ0) is 20.8. The summed E-state index contributed by atoms with van der Waals surface area (Å²) in [5.74, 6) is 0.461. The molecule has 0 aromatic heterocycles. The summed E-state index contributed by atoms with van der Waals surface area (Å²) in [4.78, 5) is 12.5. The minimum atomic E-state index is -0.571. The number of rotatable bonds is 6. The van der Waals surface area contributed by atoms with Crippen molar-refractivity contribution in [3.05, 3.63) is 56.0 Å². The van der Waals surface area contributed by atoms with Crippen molar-refractivity contribution < 1.29 is 14.3 Å². The van der Waals surface area contributed by atoms with Crippen molar-refractivity contribution >= 4 is 56.8 Å². The third-order valence-electron chi connectivity index (χ3n) is 3.46. The van der Waals surface area contributed by atoms with Crippen molar-refractivity contribution in [3.63, 3.8) is 0 Å². The van der Waals surface area contributed by atoms with Crippen molar-refractivity contribution in [2.24, 2.45) is 0 Å². The molecule has 5 nitrogen and oxygen atoms in total. The average molecular weight is 484 g/mol. The highest BCUT2D eigenvalue weighted by atomic mass is 79.9. The van der Waals surface area contributed by atoms with Gasteiger partial charge in [0.1, 0.15) is 11.6 Å². The van der Waals surface area contributed by atoms with Gasteiger partial charge in [-0.05, 0) is 71.7 Å². The molecule has 0 saturated carbocycles. The molecule has 0 aliphatic heterocycles. The fraction of sp³-hybridized carbons (Fsp3) is 0.200. The molecule has 0 radical (unpaired) electrons. The van der Waals surface area contributed by atoms with E-state index in [0.29, 0.717) is 37.3 Å². The van der Waals surface area contributed by atoms with Gasteiger partial charge in [-0.15, -0.1) is 0 Å². The van der Waals surface area contributed by atoms with E-state index in [1.54, 1.807) is 24.3 Å². The smallest absolute Gasteiger partial charge is 0.266 e. The van der Waals surface area contributed by atoms with E-state index in [9.17, 15) is 10.1 Å². The van der Waals surface area contributed by atoms with E-state index in [2.05, 4.69) is 21.2 Å². The molecule has 1 amide bonds. The number of hydrogen-bond acceptors (Lipinski definition) is 4. The van der Waals surface area contributed by atoms with E-state index in [1.165, 1.54) is 19.3 Å². The van der Waals surface area contributed by atoms with Crippen LogP contribution in [0.15, 0.2) is 40.4 Å². The third kappa shape index (κ3) is 5.65. The monoisotopic (exact) mass is 482 g/mol. The summed E-state index contributed by atoms with van der Waals surface area (Å²) < 4.78 is 11.8. The Hall–Kier alpha value is -2.20. The lowest BCUT2D eigenvalue weighted by Gasteiger charge is -2.16. The summed E-state index contributed by atoms with van der Waals surface area (Å²) in [6.07, 6.45) is 1.41. The Kier molecular flexibility index (Phi) is 7.76. The quantitative estimate of drug-likeness (QED) is 0.398. The highest BCUT2D eigenvalue weighted by molar-refractivity contribution is 9.10. The number of hydrogen-bond donors (Lipinski definition) is 1. The first-order chi connectivity index (χ1) is 13.2. The maximum Gasteiger partial charge on any atom is 0.266 e. The van der Waals surface area contributed by atoms with Crippen LogP contribution in [0.4, 0.5) is 5.69 Å². The number of methoxy groups -OCH3 is 1. The van der Waals surface area contributed by atoms with E-state index in [1.807, 2.05) is 19.9 Å². The van der Waals surface area contributed by atoms with Crippen molar-refractivity contribution in [1.29, 1.82) is 5.26 Å². The van der Waals surface area contributed by atoms with Gasteiger partial charge in [-0.2, -0.15) is 5.26 Å². The van der Waals surface area contributed by atoms with Gasteiger partial charge in [-0.1, -0.05) is 23.2 Å². The number of amides is 1. The van der Waals surface area contributed by atoms with Gasteiger partial charge in [0.2, 0.25) is 0 Å². The Morgan fingerprint density at radius 1 is 1.25 bits per heavy atom. The molecule has 0 spiro atoms. The summed E-state index contributed by atoms with van der Waals surface area (Å²) in [6, 6.07) is 9.99. The minimum Gasteiger partial charge on any atom is -0.493 e. The molecular weight excluding hydrogens is 467 g/mol. The number of nitrogens with one attached hydrogen (secondary N) is 1. The van der Waals surface area contributed by atoms with E-state index < -0.39 is 5.91 Å². The number of nitrogens with zero attached hydrogens (tertiary/aromatic N) is 1. The standard InChI is InChI=1S/C20H17BrCl2N2O3/c1-11(2)28-19-15(21)7-12(8-18(19)27-3)6-13(10-24)20(26)25-14-4-5-16(22)17(23)9-14/h4-9,11H,1-3H3,(H,25,26)/b13-6+. The van der Waals surface area contributed by atoms with Gasteiger partial charge in [0.05, 0.1) is 27.7 Å². The first-order valence-corrected chi connectivity index (χ1v) is 9.72. The van der Waals surface area contributed by atoms with Gasteiger partial charge in [-0.3, -0.25) is 4.79 Å². The summed E-state index contributed by atoms with van der Waals surface area (Å²) >= 11 is 15.3. The molecule has 0 unspecified atom stereocenters. The van der Waals surface area contributed by atoms with Crippen LogP contribution in [0.3, 0.4) is 0 Å². The second kappa shape index (κ2) is 9.83. The summed E-state index contributed by atoms with van der Waals surface area (Å²) in [7, 11) is 1.52. The largest absolute Gasteiger partial charge is 0.493 e. The number of ether oxygens (including phenoxy) is 2. The van der Waals surface area contributed by atoms with Crippen LogP contribution in [0.25, 0.3) is 6.08 Å². The topological polar surface area (TPSA) is 71.3 Å². The zero-order valence-electron chi connectivity index (χ0n) is 15.3. The molecular formula is C20H17BrCl2N2O3. The van der Waals surface area contributed by atoms with Gasteiger partial charge < -0.3 is 14.8 Å². The highest BCUT2D eigenvalue weighted by Crippen LogP contribution is 2.38. The maximum atomic E-state index is 12.5. The predicted octanol–water partition coefficient (Wildman–Crippen LogP) is 6.10. The molecule has 146 valence electrons. The number of halogens is 3. The van der Waals surface area contributed by atoms with Crippen LogP contribution >= 0.6 is 39.1 Å². The normalized spacial score (nSPS) is 11.1. The van der Waals surface area contributed by atoms with Gasteiger partial charge >= 0.3 is 0 Å². The van der Waals surface area contributed by atoms with Crippen LogP contribution in [0.2, 0.25) is 10.0 Å².